The van der Waals surface area contributed by atoms with E-state index in [1.54, 1.807) is 12.3 Å². The van der Waals surface area contributed by atoms with Crippen LogP contribution < -0.4 is 9.47 Å². The summed E-state index contributed by atoms with van der Waals surface area (Å²) in [5.41, 5.74) is 1.49. The Bertz CT molecular complexity index is 829. The van der Waals surface area contributed by atoms with E-state index in [1.807, 2.05) is 42.5 Å². The lowest BCUT2D eigenvalue weighted by Crippen LogP contribution is -1.97. The standard InChI is InChI=1S/C30H43NO3/c1-3-5-7-9-10-11-12-13-15-23-34-29-19-16-26(30(32)24-29)25-31-27-17-20-28(21-18-27)33-22-14-8-6-4-2/h3,16-21,24-25,32H,1,4-15,22-23H2,2H3. The first kappa shape index (κ1) is 27.5. The van der Waals surface area contributed by atoms with Crippen LogP contribution in [0, 0.1) is 0 Å². The van der Waals surface area contributed by atoms with Crippen LogP contribution in [0.15, 0.2) is 60.1 Å². The first-order chi connectivity index (χ1) is 16.7. The highest BCUT2D eigenvalue weighted by Crippen LogP contribution is 2.24. The number of hydrogen-bond donors (Lipinski definition) is 1. The van der Waals surface area contributed by atoms with E-state index in [9.17, 15) is 5.11 Å². The van der Waals surface area contributed by atoms with Crippen LogP contribution in [0.3, 0.4) is 0 Å². The Kier molecular flexibility index (Phi) is 14.3. The third-order valence-corrected chi connectivity index (χ3v) is 5.78. The molecule has 0 heterocycles. The molecule has 0 amide bonds. The van der Waals surface area contributed by atoms with Crippen LogP contribution in [0.4, 0.5) is 5.69 Å². The van der Waals surface area contributed by atoms with Crippen molar-refractivity contribution in [3.8, 4) is 17.2 Å². The molecular formula is C30H43NO3. The van der Waals surface area contributed by atoms with E-state index in [1.165, 1.54) is 57.8 Å². The number of ether oxygens (including phenoxy) is 2. The van der Waals surface area contributed by atoms with Crippen LogP contribution >= 0.6 is 0 Å². The Hall–Kier alpha value is -2.75. The van der Waals surface area contributed by atoms with E-state index in [0.717, 1.165) is 37.3 Å². The van der Waals surface area contributed by atoms with Gasteiger partial charge in [0.2, 0.25) is 0 Å². The zero-order chi connectivity index (χ0) is 24.3. The van der Waals surface area contributed by atoms with Gasteiger partial charge in [-0.1, -0.05) is 64.4 Å². The molecule has 4 heteroatoms. The lowest BCUT2D eigenvalue weighted by molar-refractivity contribution is 0.302. The van der Waals surface area contributed by atoms with Crippen molar-refractivity contribution in [2.24, 2.45) is 4.99 Å². The lowest BCUT2D eigenvalue weighted by Gasteiger charge is -2.08. The van der Waals surface area contributed by atoms with E-state index < -0.39 is 0 Å². The van der Waals surface area contributed by atoms with Crippen molar-refractivity contribution in [1.29, 1.82) is 0 Å². The van der Waals surface area contributed by atoms with Crippen LogP contribution in [0.2, 0.25) is 0 Å². The summed E-state index contributed by atoms with van der Waals surface area (Å²) in [7, 11) is 0. The maximum Gasteiger partial charge on any atom is 0.128 e. The van der Waals surface area contributed by atoms with Crippen molar-refractivity contribution in [2.45, 2.75) is 84.0 Å². The summed E-state index contributed by atoms with van der Waals surface area (Å²) >= 11 is 0. The predicted molar refractivity (Wildman–Crippen MR) is 144 cm³/mol. The highest BCUT2D eigenvalue weighted by molar-refractivity contribution is 5.85. The normalized spacial score (nSPS) is 11.1. The van der Waals surface area contributed by atoms with Gasteiger partial charge in [-0.05, 0) is 62.1 Å². The number of phenolic OH excluding ortho intramolecular Hbond substituents is 1. The molecule has 4 nitrogen and oxygen atoms in total. The van der Waals surface area contributed by atoms with Crippen molar-refractivity contribution in [3.05, 3.63) is 60.7 Å². The average Bonchev–Trinajstić information content (AvgIpc) is 2.85. The molecule has 0 bridgehead atoms. The van der Waals surface area contributed by atoms with Gasteiger partial charge >= 0.3 is 0 Å². The predicted octanol–water partition coefficient (Wildman–Crippen LogP) is 8.79. The summed E-state index contributed by atoms with van der Waals surface area (Å²) in [6.45, 7) is 7.40. The zero-order valence-electron chi connectivity index (χ0n) is 21.0. The first-order valence-electron chi connectivity index (χ1n) is 13.1. The Morgan fingerprint density at radius 2 is 1.35 bits per heavy atom. The fourth-order valence-corrected chi connectivity index (χ4v) is 3.68. The van der Waals surface area contributed by atoms with Gasteiger partial charge < -0.3 is 14.6 Å². The van der Waals surface area contributed by atoms with Crippen molar-refractivity contribution in [3.63, 3.8) is 0 Å². The fraction of sp³-hybridized carbons (Fsp3) is 0.500. The van der Waals surface area contributed by atoms with Gasteiger partial charge in [0, 0.05) is 17.8 Å². The summed E-state index contributed by atoms with van der Waals surface area (Å²) in [4.78, 5) is 4.47. The van der Waals surface area contributed by atoms with Gasteiger partial charge in [-0.15, -0.1) is 6.58 Å². The van der Waals surface area contributed by atoms with E-state index in [2.05, 4.69) is 18.5 Å². The third kappa shape index (κ3) is 11.9. The van der Waals surface area contributed by atoms with Gasteiger partial charge in [0.15, 0.2) is 0 Å². The van der Waals surface area contributed by atoms with Crippen LogP contribution in [0.1, 0.15) is 89.5 Å². The van der Waals surface area contributed by atoms with Crippen LogP contribution in [-0.2, 0) is 0 Å². The Morgan fingerprint density at radius 1 is 0.765 bits per heavy atom. The van der Waals surface area contributed by atoms with Gasteiger partial charge in [-0.2, -0.15) is 0 Å². The maximum absolute atomic E-state index is 10.3. The fourth-order valence-electron chi connectivity index (χ4n) is 3.68. The minimum atomic E-state index is 0.174. The summed E-state index contributed by atoms with van der Waals surface area (Å²) in [6.07, 6.45) is 18.2. The monoisotopic (exact) mass is 465 g/mol. The largest absolute Gasteiger partial charge is 0.507 e. The Morgan fingerprint density at radius 3 is 2.00 bits per heavy atom. The number of nitrogens with zero attached hydrogens (tertiary/aromatic N) is 1. The highest BCUT2D eigenvalue weighted by atomic mass is 16.5. The molecule has 2 aromatic rings. The van der Waals surface area contributed by atoms with Gasteiger partial charge in [0.05, 0.1) is 18.9 Å². The molecule has 0 spiro atoms. The molecule has 34 heavy (non-hydrogen) atoms. The summed E-state index contributed by atoms with van der Waals surface area (Å²) in [5, 5.41) is 10.3. The zero-order valence-corrected chi connectivity index (χ0v) is 21.0. The van der Waals surface area contributed by atoms with Crippen molar-refractivity contribution in [2.75, 3.05) is 13.2 Å². The van der Waals surface area contributed by atoms with Gasteiger partial charge in [0.25, 0.3) is 0 Å². The number of rotatable bonds is 19. The Balaban J connectivity index is 1.67. The van der Waals surface area contributed by atoms with Crippen LogP contribution in [0.25, 0.3) is 0 Å². The van der Waals surface area contributed by atoms with Crippen molar-refractivity contribution in [1.82, 2.24) is 0 Å². The molecule has 186 valence electrons. The molecule has 0 aliphatic heterocycles. The van der Waals surface area contributed by atoms with E-state index >= 15 is 0 Å². The number of allylic oxidation sites excluding steroid dienone is 1. The molecule has 0 atom stereocenters. The SMILES string of the molecule is C=CCCCCCCCCCOc1ccc(C=Nc2ccc(OCCCCCC)cc2)c(O)c1. The third-order valence-electron chi connectivity index (χ3n) is 5.78. The number of benzene rings is 2. The lowest BCUT2D eigenvalue weighted by atomic mass is 10.1. The van der Waals surface area contributed by atoms with E-state index in [0.29, 0.717) is 17.9 Å². The van der Waals surface area contributed by atoms with Gasteiger partial charge in [-0.25, -0.2) is 0 Å². The van der Waals surface area contributed by atoms with Crippen molar-refractivity contribution < 1.29 is 14.6 Å². The van der Waals surface area contributed by atoms with Gasteiger partial charge in [0.1, 0.15) is 17.2 Å². The molecule has 0 aliphatic rings. The second-order valence-electron chi connectivity index (χ2n) is 8.78. The number of hydrogen-bond acceptors (Lipinski definition) is 4. The number of aliphatic imine (C=N–C) groups is 1. The highest BCUT2D eigenvalue weighted by Gasteiger charge is 2.02. The van der Waals surface area contributed by atoms with Crippen molar-refractivity contribution >= 4 is 11.9 Å². The first-order valence-corrected chi connectivity index (χ1v) is 13.1. The van der Waals surface area contributed by atoms with E-state index in [-0.39, 0.29) is 5.75 Å². The molecule has 0 aliphatic carbocycles. The molecule has 0 radical (unpaired) electrons. The molecule has 1 N–H and O–H groups in total. The summed E-state index contributed by atoms with van der Waals surface area (Å²) in [6, 6.07) is 13.1. The minimum Gasteiger partial charge on any atom is -0.507 e. The minimum absolute atomic E-state index is 0.174. The molecule has 0 saturated carbocycles. The average molecular weight is 466 g/mol. The number of aromatic hydroxyl groups is 1. The number of phenols is 1. The molecule has 0 unspecified atom stereocenters. The Labute approximate surface area is 206 Å². The second-order valence-corrected chi connectivity index (χ2v) is 8.78. The molecule has 0 saturated heterocycles. The van der Waals surface area contributed by atoms with E-state index in [4.69, 9.17) is 9.47 Å². The second kappa shape index (κ2) is 17.7. The van der Waals surface area contributed by atoms with Gasteiger partial charge in [-0.3, -0.25) is 4.99 Å². The maximum atomic E-state index is 10.3. The quantitative estimate of drug-likeness (QED) is 0.128. The smallest absolute Gasteiger partial charge is 0.128 e. The molecular weight excluding hydrogens is 422 g/mol. The summed E-state index contributed by atoms with van der Waals surface area (Å²) < 4.78 is 11.6. The molecule has 2 rings (SSSR count). The van der Waals surface area contributed by atoms with Crippen LogP contribution in [0.5, 0.6) is 17.2 Å². The molecule has 2 aromatic carbocycles. The molecule has 0 aromatic heterocycles. The van der Waals surface area contributed by atoms with Crippen LogP contribution in [-0.4, -0.2) is 24.5 Å². The topological polar surface area (TPSA) is 51.0 Å². The number of unbranched alkanes of at least 4 members (excludes halogenated alkanes) is 10. The summed E-state index contributed by atoms with van der Waals surface area (Å²) in [5.74, 6) is 1.73. The molecule has 0 fully saturated rings.